The van der Waals surface area contributed by atoms with Crippen LogP contribution in [-0.4, -0.2) is 81.5 Å². The molecule has 5 rings (SSSR count). The van der Waals surface area contributed by atoms with Crippen molar-refractivity contribution in [3.63, 3.8) is 0 Å². The summed E-state index contributed by atoms with van der Waals surface area (Å²) >= 11 is 1.49. The molecule has 0 unspecified atom stereocenters. The fourth-order valence-corrected chi connectivity index (χ4v) is 5.33. The van der Waals surface area contributed by atoms with E-state index < -0.39 is 0 Å². The van der Waals surface area contributed by atoms with Crippen molar-refractivity contribution < 1.29 is 9.59 Å². The molecule has 2 saturated heterocycles. The van der Waals surface area contributed by atoms with Crippen molar-refractivity contribution in [1.29, 1.82) is 0 Å². The predicted octanol–water partition coefficient (Wildman–Crippen LogP) is 3.07. The molecule has 1 aromatic carbocycles. The van der Waals surface area contributed by atoms with Gasteiger partial charge in [0.05, 0.1) is 5.75 Å². The number of carbonyl (C=O) groups excluding carboxylic acids is 2. The first-order valence-electron chi connectivity index (χ1n) is 11.9. The van der Waals surface area contributed by atoms with E-state index in [1.54, 1.807) is 4.90 Å². The molecule has 0 spiro atoms. The number of amides is 3. The van der Waals surface area contributed by atoms with Gasteiger partial charge in [-0.05, 0) is 44.2 Å². The van der Waals surface area contributed by atoms with Crippen molar-refractivity contribution in [3.05, 3.63) is 30.3 Å². The molecule has 1 aromatic heterocycles. The van der Waals surface area contributed by atoms with Crippen LogP contribution in [0.5, 0.6) is 0 Å². The maximum absolute atomic E-state index is 12.9. The molecular formula is C23H31N7O2S. The van der Waals surface area contributed by atoms with Gasteiger partial charge in [0.25, 0.3) is 0 Å². The van der Waals surface area contributed by atoms with Crippen LogP contribution in [0.4, 0.5) is 16.4 Å². The van der Waals surface area contributed by atoms with Gasteiger partial charge in [-0.15, -0.1) is 10.2 Å². The highest BCUT2D eigenvalue weighted by Gasteiger charge is 2.32. The maximum atomic E-state index is 12.9. The fraction of sp³-hybridized carbons (Fsp3) is 0.565. The number of anilines is 2. The number of thioether (sulfide) groups is 1. The highest BCUT2D eigenvalue weighted by atomic mass is 32.2. The largest absolute Gasteiger partial charge is 0.341 e. The van der Waals surface area contributed by atoms with Crippen LogP contribution in [0.1, 0.15) is 38.1 Å². The smallest absolute Gasteiger partial charge is 0.321 e. The van der Waals surface area contributed by atoms with Crippen LogP contribution in [0, 0.1) is 0 Å². The van der Waals surface area contributed by atoms with Gasteiger partial charge >= 0.3 is 6.03 Å². The minimum Gasteiger partial charge on any atom is -0.341 e. The van der Waals surface area contributed by atoms with E-state index in [1.807, 2.05) is 35.2 Å². The Morgan fingerprint density at radius 1 is 0.909 bits per heavy atom. The van der Waals surface area contributed by atoms with Crippen molar-refractivity contribution in [1.82, 2.24) is 24.6 Å². The molecular weight excluding hydrogens is 438 g/mol. The second kappa shape index (κ2) is 10.0. The lowest BCUT2D eigenvalue weighted by molar-refractivity contribution is -0.129. The average molecular weight is 470 g/mol. The number of rotatable bonds is 6. The Bertz CT molecular complexity index is 964. The number of nitrogens with zero attached hydrogens (tertiary/aromatic N) is 6. The molecule has 1 N–H and O–H groups in total. The quantitative estimate of drug-likeness (QED) is 0.655. The van der Waals surface area contributed by atoms with Crippen LogP contribution in [0.3, 0.4) is 0 Å². The van der Waals surface area contributed by atoms with Gasteiger partial charge in [-0.2, -0.15) is 0 Å². The van der Waals surface area contributed by atoms with Crippen LogP contribution < -0.4 is 10.2 Å². The normalized spacial score (nSPS) is 19.0. The summed E-state index contributed by atoms with van der Waals surface area (Å²) in [5.41, 5.74) is 0.779. The molecule has 2 aromatic rings. The number of nitrogens with one attached hydrogen (secondary N) is 1. The number of benzene rings is 1. The van der Waals surface area contributed by atoms with Crippen molar-refractivity contribution in [2.45, 2.75) is 43.3 Å². The van der Waals surface area contributed by atoms with Crippen molar-refractivity contribution in [3.8, 4) is 0 Å². The Morgan fingerprint density at radius 3 is 2.30 bits per heavy atom. The second-order valence-corrected chi connectivity index (χ2v) is 9.83. The van der Waals surface area contributed by atoms with E-state index >= 15 is 0 Å². The third-order valence-corrected chi connectivity index (χ3v) is 7.39. The van der Waals surface area contributed by atoms with Crippen molar-refractivity contribution in [2.24, 2.45) is 0 Å². The van der Waals surface area contributed by atoms with Crippen LogP contribution in [0.2, 0.25) is 0 Å². The molecule has 3 fully saturated rings. The monoisotopic (exact) mass is 469 g/mol. The third kappa shape index (κ3) is 5.26. The summed E-state index contributed by atoms with van der Waals surface area (Å²) < 4.78 is 2.26. The summed E-state index contributed by atoms with van der Waals surface area (Å²) in [6.45, 7) is 4.25. The van der Waals surface area contributed by atoms with Gasteiger partial charge in [0.15, 0.2) is 5.16 Å². The molecule has 0 radical (unpaired) electrons. The van der Waals surface area contributed by atoms with E-state index in [2.05, 4.69) is 25.0 Å². The Hall–Kier alpha value is -2.75. The summed E-state index contributed by atoms with van der Waals surface area (Å²) in [7, 11) is 0. The second-order valence-electron chi connectivity index (χ2n) is 8.88. The zero-order chi connectivity index (χ0) is 22.6. The number of piperidine rings is 1. The number of urea groups is 1. The van der Waals surface area contributed by atoms with Gasteiger partial charge in [-0.25, -0.2) is 4.79 Å². The summed E-state index contributed by atoms with van der Waals surface area (Å²) in [6.07, 6.45) is 6.01. The lowest BCUT2D eigenvalue weighted by Crippen LogP contribution is -2.52. The fourth-order valence-electron chi connectivity index (χ4n) is 4.43. The van der Waals surface area contributed by atoms with Gasteiger partial charge < -0.3 is 20.0 Å². The number of para-hydroxylation sites is 1. The molecule has 3 aliphatic rings. The standard InChI is InChI=1S/C23H31N7O2S/c31-20(27-13-15-29(16-14-27)22(32)24-18-7-3-1-4-8-18)17-33-23-26-25-21(30(23)19-9-10-19)28-11-5-2-6-12-28/h1,3-4,7-8,19H,2,5-6,9-17H2,(H,24,32). The highest BCUT2D eigenvalue weighted by molar-refractivity contribution is 7.99. The minimum absolute atomic E-state index is 0.0907. The Kier molecular flexibility index (Phi) is 6.70. The average Bonchev–Trinajstić information content (AvgIpc) is 3.62. The van der Waals surface area contributed by atoms with Gasteiger partial charge in [0.1, 0.15) is 0 Å². The van der Waals surface area contributed by atoms with Gasteiger partial charge in [0, 0.05) is 51.0 Å². The summed E-state index contributed by atoms with van der Waals surface area (Å²) in [5, 5.41) is 12.7. The van der Waals surface area contributed by atoms with Gasteiger partial charge in [-0.3, -0.25) is 9.36 Å². The van der Waals surface area contributed by atoms with Gasteiger partial charge in [-0.1, -0.05) is 30.0 Å². The van der Waals surface area contributed by atoms with E-state index in [9.17, 15) is 9.59 Å². The molecule has 3 heterocycles. The molecule has 9 nitrogen and oxygen atoms in total. The first kappa shape index (κ1) is 22.1. The van der Waals surface area contributed by atoms with E-state index in [0.717, 1.165) is 42.7 Å². The molecule has 0 bridgehead atoms. The molecule has 2 aliphatic heterocycles. The number of hydrogen-bond acceptors (Lipinski definition) is 6. The van der Waals surface area contributed by atoms with Gasteiger partial charge in [0.2, 0.25) is 11.9 Å². The SMILES string of the molecule is O=C(CSc1nnc(N2CCCCC2)n1C1CC1)N1CCN(C(=O)Nc2ccccc2)CC1. The summed E-state index contributed by atoms with van der Waals surface area (Å²) in [4.78, 5) is 31.3. The maximum Gasteiger partial charge on any atom is 0.321 e. The van der Waals surface area contributed by atoms with Crippen LogP contribution in [0.15, 0.2) is 35.5 Å². The Balaban J connectivity index is 1.12. The van der Waals surface area contributed by atoms with E-state index in [0.29, 0.717) is 38.0 Å². The van der Waals surface area contributed by atoms with Crippen LogP contribution >= 0.6 is 11.8 Å². The Labute approximate surface area is 198 Å². The van der Waals surface area contributed by atoms with E-state index in [4.69, 9.17) is 0 Å². The van der Waals surface area contributed by atoms with Crippen molar-refractivity contribution >= 4 is 35.3 Å². The molecule has 3 amide bonds. The van der Waals surface area contributed by atoms with Crippen LogP contribution in [0.25, 0.3) is 0 Å². The van der Waals surface area contributed by atoms with Crippen molar-refractivity contribution in [2.75, 3.05) is 55.2 Å². The topological polar surface area (TPSA) is 86.6 Å². The molecule has 1 saturated carbocycles. The number of carbonyl (C=O) groups is 2. The molecule has 1 aliphatic carbocycles. The highest BCUT2D eigenvalue weighted by Crippen LogP contribution is 2.41. The number of piperazine rings is 1. The minimum atomic E-state index is -0.120. The lowest BCUT2D eigenvalue weighted by Gasteiger charge is -2.34. The van der Waals surface area contributed by atoms with E-state index in [1.165, 1.54) is 31.0 Å². The number of hydrogen-bond donors (Lipinski definition) is 1. The zero-order valence-electron chi connectivity index (χ0n) is 18.9. The third-order valence-electron chi connectivity index (χ3n) is 6.47. The summed E-state index contributed by atoms with van der Waals surface area (Å²) in [5.74, 6) is 1.42. The van der Waals surface area contributed by atoms with E-state index in [-0.39, 0.29) is 11.9 Å². The first-order chi connectivity index (χ1) is 16.2. The lowest BCUT2D eigenvalue weighted by atomic mass is 10.1. The summed E-state index contributed by atoms with van der Waals surface area (Å²) in [6, 6.07) is 9.79. The molecule has 0 atom stereocenters. The first-order valence-corrected chi connectivity index (χ1v) is 12.9. The predicted molar refractivity (Wildman–Crippen MR) is 129 cm³/mol. The van der Waals surface area contributed by atoms with Crippen LogP contribution in [-0.2, 0) is 4.79 Å². The zero-order valence-corrected chi connectivity index (χ0v) is 19.7. The molecule has 33 heavy (non-hydrogen) atoms. The number of aromatic nitrogens is 3. The molecule has 10 heteroatoms. The molecule has 176 valence electrons. The Morgan fingerprint density at radius 2 is 1.61 bits per heavy atom.